The van der Waals surface area contributed by atoms with E-state index in [4.69, 9.17) is 37.9 Å². The fourth-order valence-corrected chi connectivity index (χ4v) is 16.1. The number of carbonyl (C=O) groups excluding carboxylic acids is 1. The fourth-order valence-electron chi connectivity index (χ4n) is 16.1. The van der Waals surface area contributed by atoms with E-state index >= 15 is 4.79 Å². The minimum Gasteiger partial charge on any atom is -0.432 e. The average molecular weight is 1080 g/mol. The van der Waals surface area contributed by atoms with E-state index in [1.165, 1.54) is 12.5 Å². The van der Waals surface area contributed by atoms with E-state index in [-0.39, 0.29) is 47.2 Å². The third-order valence-electron chi connectivity index (χ3n) is 21.1. The molecule has 0 bridgehead atoms. The van der Waals surface area contributed by atoms with Crippen molar-refractivity contribution in [2.75, 3.05) is 26.4 Å². The Hall–Kier alpha value is -1.59. The number of esters is 1. The molecule has 9 rings (SSSR count). The molecule has 4 saturated heterocycles. The van der Waals surface area contributed by atoms with E-state index in [1.54, 1.807) is 0 Å². The molecular weight excluding hydrogens is 989 g/mol. The van der Waals surface area contributed by atoms with Crippen LogP contribution in [0.25, 0.3) is 0 Å². The quantitative estimate of drug-likeness (QED) is 0.0643. The van der Waals surface area contributed by atoms with Crippen LogP contribution in [-0.2, 0) is 42.7 Å². The molecule has 4 saturated carbocycles. The van der Waals surface area contributed by atoms with Gasteiger partial charge >= 0.3 is 5.97 Å². The Kier molecular flexibility index (Phi) is 16.3. The number of ether oxygens (including phenoxy) is 8. The van der Waals surface area contributed by atoms with E-state index in [9.17, 15) is 66.4 Å². The summed E-state index contributed by atoms with van der Waals surface area (Å²) in [5, 5.41) is 139. The second-order valence-electron chi connectivity index (χ2n) is 25.7. The summed E-state index contributed by atoms with van der Waals surface area (Å²) in [6, 6.07) is 0. The van der Waals surface area contributed by atoms with Gasteiger partial charge in [0.1, 0.15) is 79.4 Å². The molecule has 0 spiro atoms. The van der Waals surface area contributed by atoms with E-state index in [1.807, 2.05) is 6.92 Å². The van der Waals surface area contributed by atoms with Gasteiger partial charge in [0, 0.05) is 5.41 Å². The van der Waals surface area contributed by atoms with E-state index in [0.717, 1.165) is 19.3 Å². The molecule has 0 aromatic rings. The van der Waals surface area contributed by atoms with Crippen LogP contribution in [0.4, 0.5) is 0 Å². The third-order valence-corrected chi connectivity index (χ3v) is 21.1. The molecular formula is C53H86O22. The average Bonchev–Trinajstić information content (AvgIpc) is 3.37. The van der Waals surface area contributed by atoms with Gasteiger partial charge in [0.05, 0.1) is 44.1 Å². The van der Waals surface area contributed by atoms with Crippen LogP contribution < -0.4 is 0 Å². The molecule has 9 aliphatic rings. The number of hydrogen-bond acceptors (Lipinski definition) is 22. The normalized spacial score (nSPS) is 54.8. The van der Waals surface area contributed by atoms with Gasteiger partial charge in [0.25, 0.3) is 0 Å². The van der Waals surface area contributed by atoms with Gasteiger partial charge in [-0.3, -0.25) is 4.79 Å². The Balaban J connectivity index is 0.991. The number of allylic oxidation sites excluding steroid dienone is 2. The number of carbonyl (C=O) groups is 1. The molecule has 4 heterocycles. The summed E-state index contributed by atoms with van der Waals surface area (Å²) in [5.74, 6) is -0.816. The smallest absolute Gasteiger partial charge is 0.315 e. The second-order valence-corrected chi connectivity index (χ2v) is 25.7. The Labute approximate surface area is 437 Å². The second kappa shape index (κ2) is 21.1. The van der Waals surface area contributed by atoms with Gasteiger partial charge in [-0.05, 0) is 111 Å². The SMILES string of the molecule is CC1OC(OC2C(OC(=O)C34CCC(C)(C)CC3C3=CCC5C6(C)CCC(OC7OC(CO)C(O)C(O)C7O)C(C)(CO)C6CCC5(C)C3(C)CC4)OC(COC3OCC(O)C(O)C3O)C(O)C2O)C(O)C(O)C1O. The van der Waals surface area contributed by atoms with Crippen LogP contribution in [0.1, 0.15) is 113 Å². The molecule has 430 valence electrons. The van der Waals surface area contributed by atoms with Gasteiger partial charge in [-0.25, -0.2) is 0 Å². The molecule has 13 N–H and O–H groups in total. The molecule has 28 atom stereocenters. The Morgan fingerprint density at radius 2 is 1.27 bits per heavy atom. The van der Waals surface area contributed by atoms with Crippen molar-refractivity contribution < 1.29 is 109 Å². The largest absolute Gasteiger partial charge is 0.432 e. The summed E-state index contributed by atoms with van der Waals surface area (Å²) in [5.41, 5.74) is -1.86. The first-order chi connectivity index (χ1) is 35.1. The highest BCUT2D eigenvalue weighted by atomic mass is 16.8. The maximum atomic E-state index is 15.5. The van der Waals surface area contributed by atoms with Crippen LogP contribution in [0.15, 0.2) is 11.6 Å². The Morgan fingerprint density at radius 1 is 0.640 bits per heavy atom. The van der Waals surface area contributed by atoms with Crippen LogP contribution in [0, 0.1) is 50.2 Å². The summed E-state index contributed by atoms with van der Waals surface area (Å²) < 4.78 is 47.9. The predicted octanol–water partition coefficient (Wildman–Crippen LogP) is -1.40. The van der Waals surface area contributed by atoms with Crippen LogP contribution in [-0.4, -0.2) is 222 Å². The van der Waals surface area contributed by atoms with Gasteiger partial charge in [0.15, 0.2) is 25.0 Å². The first kappa shape index (κ1) is 58.1. The first-order valence-electron chi connectivity index (χ1n) is 27.3. The van der Waals surface area contributed by atoms with Crippen molar-refractivity contribution in [2.24, 2.45) is 50.2 Å². The first-order valence-corrected chi connectivity index (χ1v) is 27.3. The number of rotatable bonds is 11. The number of aliphatic hydroxyl groups is 13. The predicted molar refractivity (Wildman–Crippen MR) is 257 cm³/mol. The molecule has 22 nitrogen and oxygen atoms in total. The summed E-state index contributed by atoms with van der Waals surface area (Å²) >= 11 is 0. The van der Waals surface area contributed by atoms with Gasteiger partial charge in [-0.15, -0.1) is 0 Å². The van der Waals surface area contributed by atoms with Gasteiger partial charge in [-0.2, -0.15) is 0 Å². The topological polar surface area (TPSA) is 354 Å². The summed E-state index contributed by atoms with van der Waals surface area (Å²) in [6.07, 6.45) is -21.7. The zero-order valence-electron chi connectivity index (χ0n) is 44.2. The molecule has 22 heteroatoms. The Morgan fingerprint density at radius 3 is 1.95 bits per heavy atom. The zero-order chi connectivity index (χ0) is 54.7. The number of hydrogen-bond donors (Lipinski definition) is 13. The lowest BCUT2D eigenvalue weighted by Crippen LogP contribution is -2.67. The molecule has 0 aromatic heterocycles. The maximum absolute atomic E-state index is 15.5. The number of aliphatic hydroxyl groups excluding tert-OH is 13. The molecule has 8 fully saturated rings. The molecule has 4 aliphatic heterocycles. The fraction of sp³-hybridized carbons (Fsp3) is 0.943. The van der Waals surface area contributed by atoms with Crippen molar-refractivity contribution in [3.05, 3.63) is 11.6 Å². The van der Waals surface area contributed by atoms with Crippen molar-refractivity contribution in [3.63, 3.8) is 0 Å². The Bertz CT molecular complexity index is 2060. The molecule has 28 unspecified atom stereocenters. The molecule has 75 heavy (non-hydrogen) atoms. The van der Waals surface area contributed by atoms with Crippen LogP contribution in [0.2, 0.25) is 0 Å². The van der Waals surface area contributed by atoms with Crippen LogP contribution in [0.3, 0.4) is 0 Å². The summed E-state index contributed by atoms with van der Waals surface area (Å²) in [6.45, 7) is 13.1. The summed E-state index contributed by atoms with van der Waals surface area (Å²) in [7, 11) is 0. The van der Waals surface area contributed by atoms with Crippen molar-refractivity contribution in [2.45, 2.75) is 235 Å². The van der Waals surface area contributed by atoms with Crippen LogP contribution >= 0.6 is 0 Å². The van der Waals surface area contributed by atoms with E-state index in [0.29, 0.717) is 44.9 Å². The minimum absolute atomic E-state index is 0.0355. The van der Waals surface area contributed by atoms with Crippen molar-refractivity contribution in [3.8, 4) is 0 Å². The lowest BCUT2D eigenvalue weighted by Gasteiger charge is -2.71. The van der Waals surface area contributed by atoms with E-state index in [2.05, 4.69) is 40.7 Å². The summed E-state index contributed by atoms with van der Waals surface area (Å²) in [4.78, 5) is 15.5. The van der Waals surface area contributed by atoms with Crippen LogP contribution in [0.5, 0.6) is 0 Å². The van der Waals surface area contributed by atoms with Crippen molar-refractivity contribution in [1.29, 1.82) is 0 Å². The standard InChI is InChI=1S/C53H86O22/c1-23-32(57)36(61)40(65)44(70-23)74-42-38(63)35(60)28(21-69-43-39(64)33(58)26(56)20-68-43)72-46(42)75-47(67)53-16-14-48(2,3)18-25(53)24-8-9-30-49(4)12-11-31(73-45-41(66)37(62)34(59)27(19-54)71-45)50(5,22-55)29(49)10-13-52(30,7)51(24,6)15-17-53/h8,23,25-46,54-66H,9-22H2,1-7H3. The van der Waals surface area contributed by atoms with Crippen molar-refractivity contribution in [1.82, 2.24) is 0 Å². The molecule has 0 aromatic carbocycles. The lowest BCUT2D eigenvalue weighted by molar-refractivity contribution is -0.365. The zero-order valence-corrected chi connectivity index (χ0v) is 44.2. The highest BCUT2D eigenvalue weighted by Crippen LogP contribution is 2.76. The van der Waals surface area contributed by atoms with Gasteiger partial charge < -0.3 is 104 Å². The third kappa shape index (κ3) is 9.50. The maximum Gasteiger partial charge on any atom is 0.315 e. The van der Waals surface area contributed by atoms with Gasteiger partial charge in [-0.1, -0.05) is 53.2 Å². The monoisotopic (exact) mass is 1070 g/mol. The molecule has 0 radical (unpaired) electrons. The van der Waals surface area contributed by atoms with Gasteiger partial charge in [0.2, 0.25) is 6.29 Å². The highest BCUT2D eigenvalue weighted by molar-refractivity contribution is 5.79. The highest BCUT2D eigenvalue weighted by Gasteiger charge is 2.71. The molecule has 0 amide bonds. The van der Waals surface area contributed by atoms with Crippen molar-refractivity contribution >= 4 is 5.97 Å². The molecule has 5 aliphatic carbocycles. The van der Waals surface area contributed by atoms with E-state index < -0.39 is 158 Å². The minimum atomic E-state index is -1.89. The number of fused-ring (bicyclic) bond motifs is 7. The lowest BCUT2D eigenvalue weighted by atomic mass is 9.33.